The van der Waals surface area contributed by atoms with E-state index < -0.39 is 0 Å². The monoisotopic (exact) mass is 295 g/mol. The van der Waals surface area contributed by atoms with Gasteiger partial charge >= 0.3 is 0 Å². The average molecular weight is 296 g/mol. The summed E-state index contributed by atoms with van der Waals surface area (Å²) in [6.07, 6.45) is 0.737. The molecular formula is C15H18ClNOS. The third-order valence-electron chi connectivity index (χ3n) is 3.50. The summed E-state index contributed by atoms with van der Waals surface area (Å²) in [7, 11) is 0. The fourth-order valence-electron chi connectivity index (χ4n) is 2.49. The Morgan fingerprint density at radius 2 is 2.00 bits per heavy atom. The minimum absolute atomic E-state index is 0. The van der Waals surface area contributed by atoms with Crippen LogP contribution in [-0.4, -0.2) is 23.1 Å². The minimum Gasteiger partial charge on any atom is -0.387 e. The van der Waals surface area contributed by atoms with Crippen LogP contribution in [-0.2, 0) is 13.0 Å². The lowest BCUT2D eigenvalue weighted by Crippen LogP contribution is -2.33. The molecule has 0 radical (unpaired) electrons. The molecule has 1 N–H and O–H groups in total. The maximum Gasteiger partial charge on any atom is 0.0917 e. The van der Waals surface area contributed by atoms with Crippen molar-refractivity contribution >= 4 is 23.7 Å². The number of nitrogens with zero attached hydrogens (tertiary/aromatic N) is 1. The van der Waals surface area contributed by atoms with E-state index in [2.05, 4.69) is 16.3 Å². The molecule has 102 valence electrons. The maximum absolute atomic E-state index is 10.2. The number of benzene rings is 1. The lowest BCUT2D eigenvalue weighted by molar-refractivity contribution is 0.106. The van der Waals surface area contributed by atoms with E-state index in [4.69, 9.17) is 0 Å². The van der Waals surface area contributed by atoms with E-state index in [1.807, 2.05) is 41.7 Å². The number of fused-ring (bicyclic) bond motifs is 1. The largest absolute Gasteiger partial charge is 0.387 e. The average Bonchev–Trinajstić information content (AvgIpc) is 2.87. The molecule has 1 aliphatic rings. The van der Waals surface area contributed by atoms with Gasteiger partial charge in [0.05, 0.1) is 6.10 Å². The Labute approximate surface area is 124 Å². The van der Waals surface area contributed by atoms with Gasteiger partial charge in [-0.2, -0.15) is 0 Å². The molecule has 1 aliphatic heterocycles. The molecule has 0 amide bonds. The van der Waals surface area contributed by atoms with E-state index in [1.54, 1.807) is 0 Å². The van der Waals surface area contributed by atoms with Crippen molar-refractivity contribution in [3.8, 4) is 0 Å². The molecule has 0 bridgehead atoms. The molecule has 2 aromatic rings. The van der Waals surface area contributed by atoms with Crippen LogP contribution in [0.1, 0.15) is 22.1 Å². The molecule has 1 aromatic heterocycles. The zero-order valence-corrected chi connectivity index (χ0v) is 12.3. The summed E-state index contributed by atoms with van der Waals surface area (Å²) in [6.45, 7) is 2.75. The number of rotatable bonds is 3. The first-order chi connectivity index (χ1) is 8.83. The van der Waals surface area contributed by atoms with Gasteiger partial charge < -0.3 is 5.11 Å². The van der Waals surface area contributed by atoms with E-state index in [-0.39, 0.29) is 18.5 Å². The van der Waals surface area contributed by atoms with Crippen LogP contribution >= 0.6 is 23.7 Å². The van der Waals surface area contributed by atoms with Crippen LogP contribution in [0.3, 0.4) is 0 Å². The molecule has 0 saturated heterocycles. The first kappa shape index (κ1) is 14.5. The highest BCUT2D eigenvalue weighted by molar-refractivity contribution is 7.10. The molecule has 0 fully saturated rings. The molecule has 1 aromatic carbocycles. The molecule has 3 rings (SSSR count). The summed E-state index contributed by atoms with van der Waals surface area (Å²) < 4.78 is 0. The molecule has 4 heteroatoms. The minimum atomic E-state index is -0.383. The van der Waals surface area contributed by atoms with Crippen molar-refractivity contribution in [2.75, 3.05) is 13.1 Å². The van der Waals surface area contributed by atoms with Gasteiger partial charge in [0, 0.05) is 24.5 Å². The first-order valence-electron chi connectivity index (χ1n) is 6.33. The van der Waals surface area contributed by atoms with Crippen molar-refractivity contribution < 1.29 is 5.11 Å². The molecular weight excluding hydrogens is 278 g/mol. The smallest absolute Gasteiger partial charge is 0.0917 e. The predicted octanol–water partition coefficient (Wildman–Crippen LogP) is 3.26. The number of hydrogen-bond acceptors (Lipinski definition) is 3. The van der Waals surface area contributed by atoms with Gasteiger partial charge in [-0.15, -0.1) is 23.7 Å². The van der Waals surface area contributed by atoms with Gasteiger partial charge in [-0.1, -0.05) is 30.3 Å². The van der Waals surface area contributed by atoms with Gasteiger partial charge in [0.25, 0.3) is 0 Å². The lowest BCUT2D eigenvalue weighted by Gasteiger charge is -2.28. The van der Waals surface area contributed by atoms with Gasteiger partial charge in [-0.25, -0.2) is 0 Å². The van der Waals surface area contributed by atoms with E-state index in [0.717, 1.165) is 31.6 Å². The summed E-state index contributed by atoms with van der Waals surface area (Å²) in [5, 5.41) is 12.4. The molecule has 0 aliphatic carbocycles. The number of thiophene rings is 1. The van der Waals surface area contributed by atoms with Gasteiger partial charge in [0.1, 0.15) is 0 Å². The van der Waals surface area contributed by atoms with Crippen LogP contribution in [0.25, 0.3) is 0 Å². The predicted molar refractivity (Wildman–Crippen MR) is 81.9 cm³/mol. The topological polar surface area (TPSA) is 23.5 Å². The second-order valence-corrected chi connectivity index (χ2v) is 5.78. The van der Waals surface area contributed by atoms with Gasteiger partial charge in [0.2, 0.25) is 0 Å². The van der Waals surface area contributed by atoms with E-state index in [9.17, 15) is 5.11 Å². The number of aliphatic hydroxyl groups excluding tert-OH is 1. The van der Waals surface area contributed by atoms with Crippen LogP contribution in [0.2, 0.25) is 0 Å². The summed E-state index contributed by atoms with van der Waals surface area (Å²) in [4.78, 5) is 3.85. The van der Waals surface area contributed by atoms with Gasteiger partial charge in [0.15, 0.2) is 0 Å². The van der Waals surface area contributed by atoms with Crippen LogP contribution in [0, 0.1) is 0 Å². The standard InChI is InChI=1S/C15H17NOS.ClH/c17-14(12-4-2-1-3-5-12)11-16-8-6-15-13(10-16)7-9-18-15;/h1-5,7,9,14,17H,6,8,10-11H2;1H. The number of hydrogen-bond donors (Lipinski definition) is 1. The SMILES string of the molecule is Cl.OC(CN1CCc2sccc2C1)c1ccccc1. The highest BCUT2D eigenvalue weighted by atomic mass is 35.5. The Kier molecular flexibility index (Phi) is 4.99. The van der Waals surface area contributed by atoms with Crippen molar-refractivity contribution in [2.24, 2.45) is 0 Å². The molecule has 2 nitrogen and oxygen atoms in total. The fourth-order valence-corrected chi connectivity index (χ4v) is 3.38. The molecule has 0 saturated carbocycles. The summed E-state index contributed by atoms with van der Waals surface area (Å²) in [6, 6.07) is 12.1. The Hall–Kier alpha value is -0.870. The zero-order valence-electron chi connectivity index (χ0n) is 10.7. The second-order valence-electron chi connectivity index (χ2n) is 4.78. The quantitative estimate of drug-likeness (QED) is 0.939. The third-order valence-corrected chi connectivity index (χ3v) is 4.53. The van der Waals surface area contributed by atoms with E-state index >= 15 is 0 Å². The summed E-state index contributed by atoms with van der Waals surface area (Å²) >= 11 is 1.85. The summed E-state index contributed by atoms with van der Waals surface area (Å²) in [5.74, 6) is 0. The molecule has 19 heavy (non-hydrogen) atoms. The first-order valence-corrected chi connectivity index (χ1v) is 7.21. The number of β-amino-alcohol motifs (C(OH)–C–C–N with tert-alkyl or cyclic N) is 1. The Bertz CT molecular complexity index is 514. The van der Waals surface area contributed by atoms with Crippen molar-refractivity contribution in [3.05, 3.63) is 57.8 Å². The Morgan fingerprint density at radius 1 is 1.21 bits per heavy atom. The second kappa shape index (κ2) is 6.53. The normalized spacial score (nSPS) is 16.5. The molecule has 1 atom stereocenters. The van der Waals surface area contributed by atoms with Crippen LogP contribution in [0.4, 0.5) is 0 Å². The van der Waals surface area contributed by atoms with Crippen molar-refractivity contribution in [1.82, 2.24) is 4.90 Å². The van der Waals surface area contributed by atoms with Crippen LogP contribution in [0.5, 0.6) is 0 Å². The van der Waals surface area contributed by atoms with Crippen LogP contribution < -0.4 is 0 Å². The van der Waals surface area contributed by atoms with Crippen molar-refractivity contribution in [3.63, 3.8) is 0 Å². The number of aliphatic hydroxyl groups is 1. The Morgan fingerprint density at radius 3 is 2.79 bits per heavy atom. The zero-order chi connectivity index (χ0) is 12.4. The summed E-state index contributed by atoms with van der Waals surface area (Å²) in [5.41, 5.74) is 2.44. The highest BCUT2D eigenvalue weighted by Gasteiger charge is 2.19. The maximum atomic E-state index is 10.2. The molecule has 1 unspecified atom stereocenters. The van der Waals surface area contributed by atoms with Gasteiger partial charge in [-0.3, -0.25) is 4.90 Å². The molecule has 0 spiro atoms. The Balaban J connectivity index is 0.00000133. The van der Waals surface area contributed by atoms with Crippen molar-refractivity contribution in [1.29, 1.82) is 0 Å². The fraction of sp³-hybridized carbons (Fsp3) is 0.333. The van der Waals surface area contributed by atoms with E-state index in [1.165, 1.54) is 10.4 Å². The van der Waals surface area contributed by atoms with E-state index in [0.29, 0.717) is 0 Å². The third kappa shape index (κ3) is 3.37. The highest BCUT2D eigenvalue weighted by Crippen LogP contribution is 2.25. The molecule has 2 heterocycles. The van der Waals surface area contributed by atoms with Crippen molar-refractivity contribution in [2.45, 2.75) is 19.1 Å². The van der Waals surface area contributed by atoms with Crippen LogP contribution in [0.15, 0.2) is 41.8 Å². The number of halogens is 1. The van der Waals surface area contributed by atoms with Gasteiger partial charge in [-0.05, 0) is 29.0 Å². The lowest BCUT2D eigenvalue weighted by atomic mass is 10.1.